The molecule has 0 bridgehead atoms. The van der Waals surface area contributed by atoms with E-state index in [4.69, 9.17) is 18.9 Å². The van der Waals surface area contributed by atoms with Crippen LogP contribution in [0.15, 0.2) is 60.7 Å². The molecule has 38 heavy (non-hydrogen) atoms. The molecule has 10 heteroatoms. The summed E-state index contributed by atoms with van der Waals surface area (Å²) in [6, 6.07) is 16.0. The van der Waals surface area contributed by atoms with Crippen LogP contribution in [0.5, 0.6) is 11.5 Å². The van der Waals surface area contributed by atoms with E-state index in [1.807, 2.05) is 6.07 Å². The van der Waals surface area contributed by atoms with Gasteiger partial charge in [0.15, 0.2) is 0 Å². The fourth-order valence-electron chi connectivity index (χ4n) is 3.25. The van der Waals surface area contributed by atoms with Crippen LogP contribution >= 0.6 is 0 Å². The molecule has 2 aromatic rings. The second-order valence-electron chi connectivity index (χ2n) is 9.56. The van der Waals surface area contributed by atoms with Gasteiger partial charge in [0, 0.05) is 6.54 Å². The molecule has 0 fully saturated rings. The lowest BCUT2D eigenvalue weighted by molar-refractivity contribution is -0.161. The molecule has 2 aromatic carbocycles. The van der Waals surface area contributed by atoms with Gasteiger partial charge in [0.1, 0.15) is 29.2 Å². The quantitative estimate of drug-likeness (QED) is 0.298. The van der Waals surface area contributed by atoms with Crippen molar-refractivity contribution >= 4 is 24.1 Å². The van der Waals surface area contributed by atoms with E-state index in [-0.39, 0.29) is 12.8 Å². The molecule has 206 valence electrons. The van der Waals surface area contributed by atoms with Crippen molar-refractivity contribution in [2.45, 2.75) is 71.1 Å². The van der Waals surface area contributed by atoms with E-state index in [0.29, 0.717) is 30.9 Å². The first-order valence-corrected chi connectivity index (χ1v) is 12.5. The summed E-state index contributed by atoms with van der Waals surface area (Å²) >= 11 is 0. The van der Waals surface area contributed by atoms with Gasteiger partial charge in [-0.2, -0.15) is 0 Å². The van der Waals surface area contributed by atoms with Crippen molar-refractivity contribution in [3.63, 3.8) is 0 Å². The first-order chi connectivity index (χ1) is 18.0. The SMILES string of the molecule is CC(CC(=O)OC(C)(C)C)OC(=O)C(CCCCNC(=O)Oc1ccccc1)NC(=O)Oc1ccccc1. The molecule has 0 spiro atoms. The first-order valence-electron chi connectivity index (χ1n) is 12.5. The highest BCUT2D eigenvalue weighted by Crippen LogP contribution is 2.13. The van der Waals surface area contributed by atoms with Crippen molar-refractivity contribution in [1.29, 1.82) is 0 Å². The maximum absolute atomic E-state index is 12.8. The molecule has 0 radical (unpaired) electrons. The molecule has 2 rings (SSSR count). The third-order valence-corrected chi connectivity index (χ3v) is 4.86. The summed E-state index contributed by atoms with van der Waals surface area (Å²) in [5.41, 5.74) is -0.659. The van der Waals surface area contributed by atoms with Gasteiger partial charge in [-0.05, 0) is 71.2 Å². The van der Waals surface area contributed by atoms with E-state index < -0.39 is 41.9 Å². The van der Waals surface area contributed by atoms with Crippen molar-refractivity contribution in [1.82, 2.24) is 10.6 Å². The Morgan fingerprint density at radius 3 is 1.92 bits per heavy atom. The number of para-hydroxylation sites is 2. The molecule has 0 aliphatic rings. The van der Waals surface area contributed by atoms with Gasteiger partial charge >= 0.3 is 24.1 Å². The molecule has 0 aliphatic heterocycles. The summed E-state index contributed by atoms with van der Waals surface area (Å²) in [6.45, 7) is 7.11. The van der Waals surface area contributed by atoms with Crippen LogP contribution in [0.3, 0.4) is 0 Å². The van der Waals surface area contributed by atoms with E-state index in [0.717, 1.165) is 0 Å². The zero-order chi connectivity index (χ0) is 28.0. The van der Waals surface area contributed by atoms with Crippen molar-refractivity contribution in [2.24, 2.45) is 0 Å². The number of hydrogen-bond acceptors (Lipinski definition) is 8. The Balaban J connectivity index is 1.86. The number of esters is 2. The summed E-state index contributed by atoms with van der Waals surface area (Å²) in [5.74, 6) is -0.465. The van der Waals surface area contributed by atoms with Gasteiger partial charge < -0.3 is 29.6 Å². The fraction of sp³-hybridized carbons (Fsp3) is 0.429. The molecule has 0 aromatic heterocycles. The van der Waals surface area contributed by atoms with Crippen LogP contribution in [0.1, 0.15) is 53.4 Å². The summed E-state index contributed by atoms with van der Waals surface area (Å²) < 4.78 is 21.1. The summed E-state index contributed by atoms with van der Waals surface area (Å²) in [4.78, 5) is 49.2. The Kier molecular flexibility index (Phi) is 12.1. The van der Waals surface area contributed by atoms with Crippen LogP contribution in [0.25, 0.3) is 0 Å². The minimum absolute atomic E-state index is 0.127. The minimum Gasteiger partial charge on any atom is -0.461 e. The highest BCUT2D eigenvalue weighted by Gasteiger charge is 2.26. The average Bonchev–Trinajstić information content (AvgIpc) is 2.83. The number of carbonyl (C=O) groups is 4. The normalized spacial score (nSPS) is 12.4. The van der Waals surface area contributed by atoms with Crippen LogP contribution in [0.2, 0.25) is 0 Å². The molecule has 2 unspecified atom stereocenters. The average molecular weight is 529 g/mol. The maximum atomic E-state index is 12.8. The maximum Gasteiger partial charge on any atom is 0.413 e. The van der Waals surface area contributed by atoms with Crippen LogP contribution in [-0.2, 0) is 19.1 Å². The van der Waals surface area contributed by atoms with Gasteiger partial charge in [0.05, 0.1) is 6.42 Å². The summed E-state index contributed by atoms with van der Waals surface area (Å²) in [7, 11) is 0. The predicted molar refractivity (Wildman–Crippen MR) is 140 cm³/mol. The van der Waals surface area contributed by atoms with Gasteiger partial charge in [-0.3, -0.25) is 4.79 Å². The van der Waals surface area contributed by atoms with E-state index in [9.17, 15) is 19.2 Å². The molecule has 2 atom stereocenters. The van der Waals surface area contributed by atoms with Crippen molar-refractivity contribution in [3.05, 3.63) is 60.7 Å². The van der Waals surface area contributed by atoms with Gasteiger partial charge in [0.25, 0.3) is 0 Å². The zero-order valence-corrected chi connectivity index (χ0v) is 22.2. The number of unbranched alkanes of at least 4 members (excludes halogenated alkanes) is 1. The number of benzene rings is 2. The number of carbonyl (C=O) groups excluding carboxylic acids is 4. The van der Waals surface area contributed by atoms with E-state index >= 15 is 0 Å². The highest BCUT2D eigenvalue weighted by atomic mass is 16.6. The highest BCUT2D eigenvalue weighted by molar-refractivity contribution is 5.82. The molecule has 0 heterocycles. The Hall–Kier alpha value is -4.08. The van der Waals surface area contributed by atoms with Gasteiger partial charge in [-0.1, -0.05) is 36.4 Å². The van der Waals surface area contributed by atoms with Crippen LogP contribution in [0.4, 0.5) is 9.59 Å². The molecule has 0 saturated carbocycles. The third kappa shape index (κ3) is 12.8. The monoisotopic (exact) mass is 528 g/mol. The number of ether oxygens (including phenoxy) is 4. The number of nitrogens with one attached hydrogen (secondary N) is 2. The second-order valence-corrected chi connectivity index (χ2v) is 9.56. The summed E-state index contributed by atoms with van der Waals surface area (Å²) in [6.07, 6.45) is -1.10. The first kappa shape index (κ1) is 30.1. The zero-order valence-electron chi connectivity index (χ0n) is 22.2. The lowest BCUT2D eigenvalue weighted by Crippen LogP contribution is -2.44. The Morgan fingerprint density at radius 1 is 0.816 bits per heavy atom. The number of amides is 2. The number of rotatable bonds is 12. The Bertz CT molecular complexity index is 1040. The van der Waals surface area contributed by atoms with Crippen LogP contribution < -0.4 is 20.1 Å². The lowest BCUT2D eigenvalue weighted by atomic mass is 10.1. The van der Waals surface area contributed by atoms with Crippen LogP contribution in [-0.4, -0.2) is 48.4 Å². The second kappa shape index (κ2) is 15.2. The van der Waals surface area contributed by atoms with E-state index in [2.05, 4.69) is 10.6 Å². The van der Waals surface area contributed by atoms with Gasteiger partial charge in [0.2, 0.25) is 0 Å². The molecule has 0 aliphatic carbocycles. The van der Waals surface area contributed by atoms with Crippen molar-refractivity contribution in [2.75, 3.05) is 6.54 Å². The third-order valence-electron chi connectivity index (χ3n) is 4.86. The molecular weight excluding hydrogens is 492 g/mol. The predicted octanol–water partition coefficient (Wildman–Crippen LogP) is 4.77. The van der Waals surface area contributed by atoms with E-state index in [1.54, 1.807) is 82.3 Å². The summed E-state index contributed by atoms with van der Waals surface area (Å²) in [5, 5.41) is 5.17. The van der Waals surface area contributed by atoms with Crippen LogP contribution in [0, 0.1) is 0 Å². The standard InChI is InChI=1S/C28H36N2O8/c1-20(19-24(31)38-28(2,3)4)35-25(32)23(30-27(34)37-22-15-9-6-10-16-22)17-11-12-18-29-26(33)36-21-13-7-5-8-14-21/h5-10,13-16,20,23H,11-12,17-19H2,1-4H3,(H,29,33)(H,30,34). The molecule has 0 saturated heterocycles. The number of hydrogen-bond donors (Lipinski definition) is 2. The largest absolute Gasteiger partial charge is 0.461 e. The topological polar surface area (TPSA) is 129 Å². The fourth-order valence-corrected chi connectivity index (χ4v) is 3.25. The van der Waals surface area contributed by atoms with Crippen molar-refractivity contribution < 1.29 is 38.1 Å². The molecular formula is C28H36N2O8. The van der Waals surface area contributed by atoms with Gasteiger partial charge in [-0.25, -0.2) is 14.4 Å². The van der Waals surface area contributed by atoms with Crippen molar-refractivity contribution in [3.8, 4) is 11.5 Å². The minimum atomic E-state index is -1.02. The lowest BCUT2D eigenvalue weighted by Gasteiger charge is -2.22. The smallest absolute Gasteiger partial charge is 0.413 e. The molecule has 2 N–H and O–H groups in total. The Labute approximate surface area is 223 Å². The van der Waals surface area contributed by atoms with Gasteiger partial charge in [-0.15, -0.1) is 0 Å². The van der Waals surface area contributed by atoms with E-state index in [1.165, 1.54) is 0 Å². The molecule has 10 nitrogen and oxygen atoms in total. The Morgan fingerprint density at radius 2 is 1.37 bits per heavy atom. The molecule has 2 amide bonds.